The Labute approximate surface area is 120 Å². The van der Waals surface area contributed by atoms with Crippen molar-refractivity contribution in [1.82, 2.24) is 14.3 Å². The Kier molecular flexibility index (Phi) is 4.33. The van der Waals surface area contributed by atoms with E-state index >= 15 is 0 Å². The van der Waals surface area contributed by atoms with Crippen molar-refractivity contribution in [2.24, 2.45) is 0 Å². The van der Waals surface area contributed by atoms with Crippen LogP contribution in [0.3, 0.4) is 0 Å². The second kappa shape index (κ2) is 5.72. The fourth-order valence-electron chi connectivity index (χ4n) is 2.27. The normalized spacial score (nSPS) is 26.1. The van der Waals surface area contributed by atoms with E-state index in [9.17, 15) is 23.1 Å². The number of rotatable bonds is 4. The molecular formula is C11H17N3O6S. The van der Waals surface area contributed by atoms with Gasteiger partial charge >= 0.3 is 5.69 Å². The Bertz CT molecular complexity index is 737. The van der Waals surface area contributed by atoms with E-state index < -0.39 is 39.6 Å². The third-order valence-corrected chi connectivity index (χ3v) is 3.97. The van der Waals surface area contributed by atoms with Crippen molar-refractivity contribution < 1.29 is 18.3 Å². The molecule has 10 heteroatoms. The van der Waals surface area contributed by atoms with Gasteiger partial charge in [0.25, 0.3) is 5.56 Å². The molecule has 0 amide bonds. The minimum atomic E-state index is -3.47. The number of nitrogens with one attached hydrogen (secondary N) is 2. The van der Waals surface area contributed by atoms with Crippen molar-refractivity contribution >= 4 is 10.0 Å². The summed E-state index contributed by atoms with van der Waals surface area (Å²) in [5.41, 5.74) is -0.802. The average molecular weight is 319 g/mol. The fourth-order valence-corrected chi connectivity index (χ4v) is 3.07. The highest BCUT2D eigenvalue weighted by atomic mass is 32.2. The summed E-state index contributed by atoms with van der Waals surface area (Å²) in [6.45, 7) is 1.15. The molecule has 0 spiro atoms. The molecule has 3 atom stereocenters. The Morgan fingerprint density at radius 2 is 2.19 bits per heavy atom. The van der Waals surface area contributed by atoms with E-state index in [-0.39, 0.29) is 13.0 Å². The van der Waals surface area contributed by atoms with Crippen molar-refractivity contribution in [3.63, 3.8) is 0 Å². The van der Waals surface area contributed by atoms with E-state index in [0.29, 0.717) is 5.56 Å². The maximum absolute atomic E-state index is 11.8. The number of nitrogens with zero attached hydrogens (tertiary/aromatic N) is 1. The van der Waals surface area contributed by atoms with Gasteiger partial charge in [-0.3, -0.25) is 14.3 Å². The topological polar surface area (TPSA) is 130 Å². The van der Waals surface area contributed by atoms with Gasteiger partial charge in [-0.1, -0.05) is 0 Å². The number of aromatic amines is 1. The molecule has 0 aliphatic carbocycles. The number of aliphatic hydroxyl groups is 1. The van der Waals surface area contributed by atoms with Gasteiger partial charge in [-0.2, -0.15) is 0 Å². The van der Waals surface area contributed by atoms with Crippen LogP contribution < -0.4 is 16.0 Å². The average Bonchev–Trinajstić information content (AvgIpc) is 2.74. The summed E-state index contributed by atoms with van der Waals surface area (Å²) in [7, 11) is -3.47. The van der Waals surface area contributed by atoms with Crippen LogP contribution in [0, 0.1) is 6.92 Å². The minimum Gasteiger partial charge on any atom is -0.394 e. The maximum Gasteiger partial charge on any atom is 0.330 e. The summed E-state index contributed by atoms with van der Waals surface area (Å²) in [4.78, 5) is 25.3. The Balaban J connectivity index is 2.29. The zero-order valence-corrected chi connectivity index (χ0v) is 12.4. The molecule has 9 nitrogen and oxygen atoms in total. The zero-order valence-electron chi connectivity index (χ0n) is 11.6. The molecule has 1 fully saturated rings. The predicted molar refractivity (Wildman–Crippen MR) is 73.4 cm³/mol. The molecule has 1 saturated heterocycles. The molecule has 0 unspecified atom stereocenters. The van der Waals surface area contributed by atoms with Crippen molar-refractivity contribution in [2.75, 3.05) is 12.9 Å². The molecule has 21 heavy (non-hydrogen) atoms. The lowest BCUT2D eigenvalue weighted by Gasteiger charge is -2.16. The molecule has 118 valence electrons. The predicted octanol–water partition coefficient (Wildman–Crippen LogP) is -1.96. The number of H-pyrrole nitrogens is 1. The second-order valence-electron chi connectivity index (χ2n) is 5.02. The molecule has 1 aromatic heterocycles. The van der Waals surface area contributed by atoms with Crippen LogP contribution in [0.25, 0.3) is 0 Å². The Hall–Kier alpha value is -1.49. The molecule has 2 heterocycles. The highest BCUT2D eigenvalue weighted by molar-refractivity contribution is 7.88. The third kappa shape index (κ3) is 3.59. The van der Waals surface area contributed by atoms with E-state index in [0.717, 1.165) is 6.26 Å². The first-order valence-electron chi connectivity index (χ1n) is 6.27. The highest BCUT2D eigenvalue weighted by Crippen LogP contribution is 2.27. The van der Waals surface area contributed by atoms with Crippen molar-refractivity contribution in [2.45, 2.75) is 31.7 Å². The van der Waals surface area contributed by atoms with Gasteiger partial charge in [0, 0.05) is 18.2 Å². The van der Waals surface area contributed by atoms with Crippen LogP contribution in [0.2, 0.25) is 0 Å². The van der Waals surface area contributed by atoms with Gasteiger partial charge in [0.2, 0.25) is 10.0 Å². The first-order valence-corrected chi connectivity index (χ1v) is 8.16. The molecule has 0 bridgehead atoms. The Morgan fingerprint density at radius 3 is 2.76 bits per heavy atom. The van der Waals surface area contributed by atoms with Crippen LogP contribution in [0.15, 0.2) is 15.8 Å². The summed E-state index contributed by atoms with van der Waals surface area (Å²) in [5, 5.41) is 9.26. The van der Waals surface area contributed by atoms with Gasteiger partial charge in [-0.25, -0.2) is 17.9 Å². The smallest absolute Gasteiger partial charge is 0.330 e. The number of aliphatic hydroxyl groups excluding tert-OH is 1. The number of aryl methyl sites for hydroxylation is 1. The SMILES string of the molecule is Cc1cn([C@@H]2C[C@H](NS(C)(=O)=O)[C@H](CO)O2)c(=O)[nH]c1=O. The van der Waals surface area contributed by atoms with Gasteiger partial charge in [0.1, 0.15) is 6.23 Å². The first-order chi connectivity index (χ1) is 9.71. The van der Waals surface area contributed by atoms with E-state index in [1.54, 1.807) is 6.92 Å². The first kappa shape index (κ1) is 15.9. The quantitative estimate of drug-likeness (QED) is 0.591. The molecule has 0 radical (unpaired) electrons. The van der Waals surface area contributed by atoms with Crippen LogP contribution in [-0.2, 0) is 14.8 Å². The number of aromatic nitrogens is 2. The van der Waals surface area contributed by atoms with E-state index in [4.69, 9.17) is 4.74 Å². The lowest BCUT2D eigenvalue weighted by atomic mass is 10.1. The molecule has 1 aromatic rings. The highest BCUT2D eigenvalue weighted by Gasteiger charge is 2.37. The summed E-state index contributed by atoms with van der Waals surface area (Å²) >= 11 is 0. The summed E-state index contributed by atoms with van der Waals surface area (Å²) in [6, 6.07) is -0.644. The Morgan fingerprint density at radius 1 is 1.52 bits per heavy atom. The molecular weight excluding hydrogens is 302 g/mol. The van der Waals surface area contributed by atoms with Gasteiger partial charge in [0.15, 0.2) is 0 Å². The van der Waals surface area contributed by atoms with Gasteiger partial charge in [-0.05, 0) is 6.92 Å². The van der Waals surface area contributed by atoms with E-state index in [1.807, 2.05) is 0 Å². The number of hydrogen-bond acceptors (Lipinski definition) is 6. The van der Waals surface area contributed by atoms with Crippen LogP contribution in [0.4, 0.5) is 0 Å². The molecule has 3 N–H and O–H groups in total. The number of ether oxygens (including phenoxy) is 1. The van der Waals surface area contributed by atoms with Crippen molar-refractivity contribution in [3.05, 3.63) is 32.6 Å². The summed E-state index contributed by atoms with van der Waals surface area (Å²) < 4.78 is 31.6. The fraction of sp³-hybridized carbons (Fsp3) is 0.636. The second-order valence-corrected chi connectivity index (χ2v) is 6.80. The molecule has 0 aromatic carbocycles. The molecule has 0 saturated carbocycles. The number of hydrogen-bond donors (Lipinski definition) is 3. The lowest BCUT2D eigenvalue weighted by molar-refractivity contribution is -0.0279. The van der Waals surface area contributed by atoms with Crippen LogP contribution >= 0.6 is 0 Å². The van der Waals surface area contributed by atoms with Gasteiger partial charge in [0.05, 0.1) is 25.0 Å². The molecule has 2 rings (SSSR count). The van der Waals surface area contributed by atoms with Crippen molar-refractivity contribution in [3.8, 4) is 0 Å². The minimum absolute atomic E-state index is 0.170. The van der Waals surface area contributed by atoms with Gasteiger partial charge < -0.3 is 9.84 Å². The molecule has 1 aliphatic heterocycles. The van der Waals surface area contributed by atoms with Crippen LogP contribution in [-0.4, -0.2) is 48.1 Å². The summed E-state index contributed by atoms with van der Waals surface area (Å²) in [6.07, 6.45) is 1.01. The van der Waals surface area contributed by atoms with Crippen molar-refractivity contribution in [1.29, 1.82) is 0 Å². The zero-order chi connectivity index (χ0) is 15.8. The van der Waals surface area contributed by atoms with E-state index in [2.05, 4.69) is 9.71 Å². The van der Waals surface area contributed by atoms with Gasteiger partial charge in [-0.15, -0.1) is 0 Å². The maximum atomic E-state index is 11.8. The third-order valence-electron chi connectivity index (χ3n) is 3.24. The van der Waals surface area contributed by atoms with E-state index in [1.165, 1.54) is 10.8 Å². The van der Waals surface area contributed by atoms with Crippen LogP contribution in [0.1, 0.15) is 18.2 Å². The van der Waals surface area contributed by atoms with Crippen LogP contribution in [0.5, 0.6) is 0 Å². The number of sulfonamides is 1. The summed E-state index contributed by atoms with van der Waals surface area (Å²) in [5.74, 6) is 0. The monoisotopic (exact) mass is 319 g/mol. The largest absolute Gasteiger partial charge is 0.394 e. The lowest BCUT2D eigenvalue weighted by Crippen LogP contribution is -2.41. The standard InChI is InChI=1S/C11H17N3O6S/c1-6-4-14(11(17)12-10(6)16)9-3-7(8(5-15)20-9)13-21(2,18)19/h4,7-9,13,15H,3,5H2,1-2H3,(H,12,16,17)/t7-,8-,9-/m0/s1. The molecule has 1 aliphatic rings.